The molecule has 158 valence electrons. The molecule has 2 N–H and O–H groups in total. The zero-order chi connectivity index (χ0) is 21.5. The minimum Gasteiger partial charge on any atom is -0.352 e. The van der Waals surface area contributed by atoms with Gasteiger partial charge in [-0.3, -0.25) is 14.4 Å². The summed E-state index contributed by atoms with van der Waals surface area (Å²) in [6.45, 7) is 3.39. The molecule has 1 aliphatic heterocycles. The number of nitrogens with one attached hydrogen (secondary N) is 2. The first-order chi connectivity index (χ1) is 14.5. The van der Waals surface area contributed by atoms with E-state index in [1.54, 1.807) is 35.2 Å². The van der Waals surface area contributed by atoms with E-state index in [-0.39, 0.29) is 23.6 Å². The summed E-state index contributed by atoms with van der Waals surface area (Å²) in [7, 11) is 0. The van der Waals surface area contributed by atoms with E-state index in [1.165, 1.54) is 18.2 Å². The molecule has 0 saturated carbocycles. The minimum atomic E-state index is -0.447. The first kappa shape index (κ1) is 21.5. The van der Waals surface area contributed by atoms with Gasteiger partial charge in [-0.05, 0) is 49.6 Å². The summed E-state index contributed by atoms with van der Waals surface area (Å²) < 4.78 is 13.4. The number of likely N-dealkylation sites (tertiary alicyclic amines) is 1. The van der Waals surface area contributed by atoms with Crippen LogP contribution in [0.3, 0.4) is 0 Å². The number of anilines is 1. The molecule has 0 atom stereocenters. The molecule has 3 amide bonds. The summed E-state index contributed by atoms with van der Waals surface area (Å²) >= 11 is 0. The summed E-state index contributed by atoms with van der Waals surface area (Å²) in [6, 6.07) is 12.5. The predicted molar refractivity (Wildman–Crippen MR) is 113 cm³/mol. The molecule has 1 aliphatic rings. The van der Waals surface area contributed by atoms with Crippen LogP contribution in [0.5, 0.6) is 0 Å². The van der Waals surface area contributed by atoms with Crippen molar-refractivity contribution in [2.24, 2.45) is 5.92 Å². The molecular formula is C23H26FN3O3. The zero-order valence-electron chi connectivity index (χ0n) is 17.0. The van der Waals surface area contributed by atoms with E-state index in [9.17, 15) is 18.8 Å². The second-order valence-corrected chi connectivity index (χ2v) is 7.37. The van der Waals surface area contributed by atoms with Gasteiger partial charge in [0, 0.05) is 31.1 Å². The first-order valence-electron chi connectivity index (χ1n) is 10.2. The number of carbonyl (C=O) groups is 3. The molecule has 7 heteroatoms. The number of benzene rings is 2. The van der Waals surface area contributed by atoms with Crippen molar-refractivity contribution >= 4 is 23.4 Å². The van der Waals surface area contributed by atoms with Crippen LogP contribution in [0.4, 0.5) is 10.1 Å². The van der Waals surface area contributed by atoms with E-state index in [0.717, 1.165) is 6.42 Å². The number of amides is 3. The average Bonchev–Trinajstić information content (AvgIpc) is 2.77. The molecule has 0 radical (unpaired) electrons. The van der Waals surface area contributed by atoms with Crippen LogP contribution in [-0.4, -0.2) is 42.3 Å². The molecule has 6 nitrogen and oxygen atoms in total. The first-order valence-corrected chi connectivity index (χ1v) is 10.2. The smallest absolute Gasteiger partial charge is 0.253 e. The highest BCUT2D eigenvalue weighted by Gasteiger charge is 2.28. The standard InChI is InChI=1S/C23H26FN3O3/c1-2-12-25-22(29)19-8-3-4-9-20(19)26-21(28)16-10-13-27(14-11-16)23(30)17-6-5-7-18(24)15-17/h3-9,15-16H,2,10-14H2,1H3,(H,25,29)(H,26,28). The number of rotatable bonds is 6. The SMILES string of the molecule is CCCNC(=O)c1ccccc1NC(=O)C1CCN(C(=O)c2cccc(F)c2)CC1. The Bertz CT molecular complexity index is 923. The Morgan fingerprint density at radius 2 is 1.80 bits per heavy atom. The van der Waals surface area contributed by atoms with E-state index in [2.05, 4.69) is 10.6 Å². The van der Waals surface area contributed by atoms with Crippen LogP contribution >= 0.6 is 0 Å². The molecular weight excluding hydrogens is 385 g/mol. The highest BCUT2D eigenvalue weighted by atomic mass is 19.1. The molecule has 2 aromatic rings. The molecule has 0 aromatic heterocycles. The molecule has 0 bridgehead atoms. The van der Waals surface area contributed by atoms with Gasteiger partial charge in [0.2, 0.25) is 5.91 Å². The van der Waals surface area contributed by atoms with Crippen LogP contribution in [0.25, 0.3) is 0 Å². The Morgan fingerprint density at radius 1 is 1.07 bits per heavy atom. The molecule has 0 aliphatic carbocycles. The highest BCUT2D eigenvalue weighted by Crippen LogP contribution is 2.23. The Morgan fingerprint density at radius 3 is 2.50 bits per heavy atom. The number of hydrogen-bond donors (Lipinski definition) is 2. The van der Waals surface area contributed by atoms with Gasteiger partial charge in [0.15, 0.2) is 0 Å². The topological polar surface area (TPSA) is 78.5 Å². The van der Waals surface area contributed by atoms with Gasteiger partial charge in [0.1, 0.15) is 5.82 Å². The Hall–Kier alpha value is -3.22. The van der Waals surface area contributed by atoms with Gasteiger partial charge in [-0.2, -0.15) is 0 Å². The number of hydrogen-bond acceptors (Lipinski definition) is 3. The third kappa shape index (κ3) is 5.23. The van der Waals surface area contributed by atoms with E-state index in [4.69, 9.17) is 0 Å². The van der Waals surface area contributed by atoms with Gasteiger partial charge in [-0.15, -0.1) is 0 Å². The number of para-hydroxylation sites is 1. The van der Waals surface area contributed by atoms with E-state index >= 15 is 0 Å². The van der Waals surface area contributed by atoms with Crippen LogP contribution in [-0.2, 0) is 4.79 Å². The number of piperidine rings is 1. The monoisotopic (exact) mass is 411 g/mol. The van der Waals surface area contributed by atoms with Crippen molar-refractivity contribution in [3.05, 3.63) is 65.5 Å². The maximum Gasteiger partial charge on any atom is 0.253 e. The Labute approximate surface area is 175 Å². The molecule has 1 saturated heterocycles. The van der Waals surface area contributed by atoms with Gasteiger partial charge in [-0.1, -0.05) is 25.1 Å². The van der Waals surface area contributed by atoms with Gasteiger partial charge < -0.3 is 15.5 Å². The molecule has 2 aromatic carbocycles. The van der Waals surface area contributed by atoms with Crippen LogP contribution < -0.4 is 10.6 Å². The normalized spacial score (nSPS) is 14.3. The van der Waals surface area contributed by atoms with Crippen molar-refractivity contribution in [2.45, 2.75) is 26.2 Å². The molecule has 0 spiro atoms. The van der Waals surface area contributed by atoms with E-state index in [0.29, 0.717) is 49.3 Å². The Balaban J connectivity index is 1.59. The van der Waals surface area contributed by atoms with Gasteiger partial charge >= 0.3 is 0 Å². The molecule has 0 unspecified atom stereocenters. The predicted octanol–water partition coefficient (Wildman–Crippen LogP) is 3.46. The fraction of sp³-hybridized carbons (Fsp3) is 0.348. The van der Waals surface area contributed by atoms with Crippen LogP contribution in [0.1, 0.15) is 46.9 Å². The maximum absolute atomic E-state index is 13.4. The van der Waals surface area contributed by atoms with Crippen LogP contribution in [0, 0.1) is 11.7 Å². The summed E-state index contributed by atoms with van der Waals surface area (Å²) in [5, 5.41) is 5.69. The van der Waals surface area contributed by atoms with Gasteiger partial charge in [0.25, 0.3) is 11.8 Å². The van der Waals surface area contributed by atoms with E-state index in [1.807, 2.05) is 6.92 Å². The third-order valence-corrected chi connectivity index (χ3v) is 5.19. The van der Waals surface area contributed by atoms with Gasteiger partial charge in [-0.25, -0.2) is 4.39 Å². The van der Waals surface area contributed by atoms with Crippen molar-refractivity contribution < 1.29 is 18.8 Å². The number of nitrogens with zero attached hydrogens (tertiary/aromatic N) is 1. The van der Waals surface area contributed by atoms with Crippen molar-refractivity contribution in [1.29, 1.82) is 0 Å². The molecule has 1 fully saturated rings. The quantitative estimate of drug-likeness (QED) is 0.764. The van der Waals surface area contributed by atoms with Crippen molar-refractivity contribution in [3.63, 3.8) is 0 Å². The molecule has 3 rings (SSSR count). The van der Waals surface area contributed by atoms with Crippen molar-refractivity contribution in [3.8, 4) is 0 Å². The average molecular weight is 411 g/mol. The van der Waals surface area contributed by atoms with Crippen molar-refractivity contribution in [2.75, 3.05) is 25.0 Å². The van der Waals surface area contributed by atoms with Crippen LogP contribution in [0.2, 0.25) is 0 Å². The second kappa shape index (κ2) is 10.0. The fourth-order valence-electron chi connectivity index (χ4n) is 3.51. The maximum atomic E-state index is 13.4. The highest BCUT2D eigenvalue weighted by molar-refractivity contribution is 6.04. The lowest BCUT2D eigenvalue weighted by Gasteiger charge is -2.31. The largest absolute Gasteiger partial charge is 0.352 e. The summed E-state index contributed by atoms with van der Waals surface area (Å²) in [5.41, 5.74) is 1.22. The van der Waals surface area contributed by atoms with Crippen LogP contribution in [0.15, 0.2) is 48.5 Å². The lowest BCUT2D eigenvalue weighted by molar-refractivity contribution is -0.121. The Kier molecular flexibility index (Phi) is 7.17. The fourth-order valence-corrected chi connectivity index (χ4v) is 3.51. The summed E-state index contributed by atoms with van der Waals surface area (Å²) in [6.07, 6.45) is 1.85. The van der Waals surface area contributed by atoms with E-state index < -0.39 is 5.82 Å². The minimum absolute atomic E-state index is 0.163. The van der Waals surface area contributed by atoms with Gasteiger partial charge in [0.05, 0.1) is 11.3 Å². The number of halogens is 1. The lowest BCUT2D eigenvalue weighted by Crippen LogP contribution is -2.41. The summed E-state index contributed by atoms with van der Waals surface area (Å²) in [4.78, 5) is 39.3. The lowest BCUT2D eigenvalue weighted by atomic mass is 9.95. The molecule has 1 heterocycles. The molecule has 30 heavy (non-hydrogen) atoms. The second-order valence-electron chi connectivity index (χ2n) is 7.37. The summed E-state index contributed by atoms with van der Waals surface area (Å²) in [5.74, 6) is -1.32. The van der Waals surface area contributed by atoms with Crippen molar-refractivity contribution in [1.82, 2.24) is 10.2 Å². The zero-order valence-corrected chi connectivity index (χ0v) is 17.0. The number of carbonyl (C=O) groups excluding carboxylic acids is 3. The third-order valence-electron chi connectivity index (χ3n) is 5.19.